The van der Waals surface area contributed by atoms with Gasteiger partial charge < -0.3 is 10.7 Å². The van der Waals surface area contributed by atoms with E-state index in [-0.39, 0.29) is 11.5 Å². The van der Waals surface area contributed by atoms with Gasteiger partial charge in [0, 0.05) is 17.8 Å². The van der Waals surface area contributed by atoms with Crippen molar-refractivity contribution in [2.24, 2.45) is 11.1 Å². The summed E-state index contributed by atoms with van der Waals surface area (Å²) in [6, 6.07) is 8.53. The van der Waals surface area contributed by atoms with E-state index in [4.69, 9.17) is 5.73 Å². The van der Waals surface area contributed by atoms with Crippen molar-refractivity contribution in [1.29, 1.82) is 0 Å². The number of aromatic amines is 1. The SMILES string of the molecule is CC(C)(C)[C@@H](N)c1ccc2[nH]ccc2c1. The highest BCUT2D eigenvalue weighted by Gasteiger charge is 2.22. The van der Waals surface area contributed by atoms with Gasteiger partial charge in [0.1, 0.15) is 0 Å². The summed E-state index contributed by atoms with van der Waals surface area (Å²) in [7, 11) is 0. The Labute approximate surface area is 90.5 Å². The van der Waals surface area contributed by atoms with Crippen LogP contribution < -0.4 is 5.73 Å². The largest absolute Gasteiger partial charge is 0.361 e. The van der Waals surface area contributed by atoms with Crippen molar-refractivity contribution in [2.75, 3.05) is 0 Å². The van der Waals surface area contributed by atoms with Gasteiger partial charge in [-0.2, -0.15) is 0 Å². The number of fused-ring (bicyclic) bond motifs is 1. The summed E-state index contributed by atoms with van der Waals surface area (Å²) < 4.78 is 0. The number of hydrogen-bond donors (Lipinski definition) is 2. The number of benzene rings is 1. The van der Waals surface area contributed by atoms with Crippen LogP contribution in [0.4, 0.5) is 0 Å². The molecule has 1 aromatic heterocycles. The van der Waals surface area contributed by atoms with Crippen LogP contribution in [0.5, 0.6) is 0 Å². The zero-order valence-corrected chi connectivity index (χ0v) is 9.54. The third-order valence-corrected chi connectivity index (χ3v) is 2.87. The number of rotatable bonds is 1. The summed E-state index contributed by atoms with van der Waals surface area (Å²) in [6.45, 7) is 6.50. The van der Waals surface area contributed by atoms with E-state index in [1.54, 1.807) is 0 Å². The molecule has 15 heavy (non-hydrogen) atoms. The van der Waals surface area contributed by atoms with E-state index in [2.05, 4.69) is 50.0 Å². The van der Waals surface area contributed by atoms with Gasteiger partial charge in [0.15, 0.2) is 0 Å². The van der Waals surface area contributed by atoms with E-state index in [9.17, 15) is 0 Å². The predicted octanol–water partition coefficient (Wildman–Crippen LogP) is 3.21. The topological polar surface area (TPSA) is 41.8 Å². The zero-order valence-electron chi connectivity index (χ0n) is 9.54. The van der Waals surface area contributed by atoms with E-state index < -0.39 is 0 Å². The van der Waals surface area contributed by atoms with Crippen LogP contribution in [0.3, 0.4) is 0 Å². The number of hydrogen-bond acceptors (Lipinski definition) is 1. The molecule has 0 spiro atoms. The van der Waals surface area contributed by atoms with Crippen molar-refractivity contribution in [3.8, 4) is 0 Å². The molecule has 2 heteroatoms. The van der Waals surface area contributed by atoms with E-state index >= 15 is 0 Å². The third-order valence-electron chi connectivity index (χ3n) is 2.87. The summed E-state index contributed by atoms with van der Waals surface area (Å²) in [5, 5.41) is 1.23. The Hall–Kier alpha value is -1.28. The molecule has 2 rings (SSSR count). The highest BCUT2D eigenvalue weighted by Crippen LogP contribution is 2.31. The molecule has 0 fully saturated rings. The lowest BCUT2D eigenvalue weighted by Gasteiger charge is -2.27. The Balaban J connectivity index is 2.44. The molecule has 0 saturated carbocycles. The molecule has 0 aliphatic rings. The summed E-state index contributed by atoms with van der Waals surface area (Å²) in [5.74, 6) is 0. The second-order valence-corrected chi connectivity index (χ2v) is 5.17. The van der Waals surface area contributed by atoms with Crippen LogP contribution in [0.25, 0.3) is 10.9 Å². The van der Waals surface area contributed by atoms with Crippen LogP contribution in [0, 0.1) is 5.41 Å². The monoisotopic (exact) mass is 202 g/mol. The van der Waals surface area contributed by atoms with Gasteiger partial charge in [-0.05, 0) is 34.6 Å². The lowest BCUT2D eigenvalue weighted by molar-refractivity contribution is 0.327. The molecule has 0 saturated heterocycles. The molecule has 0 unspecified atom stereocenters. The van der Waals surface area contributed by atoms with Crippen LogP contribution in [-0.4, -0.2) is 4.98 Å². The molecular weight excluding hydrogens is 184 g/mol. The fourth-order valence-electron chi connectivity index (χ4n) is 1.77. The maximum absolute atomic E-state index is 6.22. The normalized spacial score (nSPS) is 14.4. The minimum atomic E-state index is 0.0804. The van der Waals surface area contributed by atoms with Gasteiger partial charge in [-0.1, -0.05) is 26.8 Å². The summed E-state index contributed by atoms with van der Waals surface area (Å²) in [6.07, 6.45) is 1.96. The Morgan fingerprint density at radius 1 is 1.20 bits per heavy atom. The molecule has 0 radical (unpaired) electrons. The third kappa shape index (κ3) is 1.90. The van der Waals surface area contributed by atoms with Crippen LogP contribution in [0.15, 0.2) is 30.5 Å². The lowest BCUT2D eigenvalue weighted by atomic mass is 9.83. The minimum Gasteiger partial charge on any atom is -0.361 e. The van der Waals surface area contributed by atoms with E-state index in [1.807, 2.05) is 6.20 Å². The molecule has 1 aromatic carbocycles. The van der Waals surface area contributed by atoms with Crippen LogP contribution in [-0.2, 0) is 0 Å². The van der Waals surface area contributed by atoms with Crippen molar-refractivity contribution in [1.82, 2.24) is 4.98 Å². The molecule has 0 aliphatic carbocycles. The van der Waals surface area contributed by atoms with Gasteiger partial charge in [0.2, 0.25) is 0 Å². The van der Waals surface area contributed by atoms with Gasteiger partial charge in [0.25, 0.3) is 0 Å². The Bertz CT molecular complexity index is 463. The van der Waals surface area contributed by atoms with Crippen molar-refractivity contribution in [3.63, 3.8) is 0 Å². The maximum Gasteiger partial charge on any atom is 0.0454 e. The standard InChI is InChI=1S/C13H18N2/c1-13(2,3)12(14)10-4-5-11-9(8-10)6-7-15-11/h4-8,12,15H,14H2,1-3H3/t12-/m0/s1. The minimum absolute atomic E-state index is 0.0804. The van der Waals surface area contributed by atoms with Gasteiger partial charge in [-0.15, -0.1) is 0 Å². The quantitative estimate of drug-likeness (QED) is 0.732. The molecule has 2 nitrogen and oxygen atoms in total. The molecule has 0 bridgehead atoms. The number of H-pyrrole nitrogens is 1. The molecule has 0 amide bonds. The van der Waals surface area contributed by atoms with Gasteiger partial charge >= 0.3 is 0 Å². The number of aromatic nitrogens is 1. The first kappa shape index (κ1) is 10.2. The van der Waals surface area contributed by atoms with Gasteiger partial charge in [-0.3, -0.25) is 0 Å². The number of nitrogens with one attached hydrogen (secondary N) is 1. The first-order chi connectivity index (χ1) is 6.98. The van der Waals surface area contributed by atoms with Crippen molar-refractivity contribution >= 4 is 10.9 Å². The summed E-state index contributed by atoms with van der Waals surface area (Å²) >= 11 is 0. The lowest BCUT2D eigenvalue weighted by Crippen LogP contribution is -2.26. The van der Waals surface area contributed by atoms with Crippen molar-refractivity contribution < 1.29 is 0 Å². The Kier molecular flexibility index (Phi) is 2.31. The van der Waals surface area contributed by atoms with Gasteiger partial charge in [-0.25, -0.2) is 0 Å². The molecule has 1 atom stereocenters. The van der Waals surface area contributed by atoms with E-state index in [1.165, 1.54) is 16.5 Å². The first-order valence-corrected chi connectivity index (χ1v) is 5.31. The zero-order chi connectivity index (χ0) is 11.1. The van der Waals surface area contributed by atoms with Crippen LogP contribution in [0.1, 0.15) is 32.4 Å². The highest BCUT2D eigenvalue weighted by atomic mass is 14.7. The second kappa shape index (κ2) is 3.38. The van der Waals surface area contributed by atoms with E-state index in [0.717, 1.165) is 0 Å². The van der Waals surface area contributed by atoms with Crippen molar-refractivity contribution in [2.45, 2.75) is 26.8 Å². The van der Waals surface area contributed by atoms with Gasteiger partial charge in [0.05, 0.1) is 0 Å². The molecule has 0 aliphatic heterocycles. The molecule has 3 N–H and O–H groups in total. The van der Waals surface area contributed by atoms with E-state index in [0.29, 0.717) is 0 Å². The summed E-state index contributed by atoms with van der Waals surface area (Å²) in [5.41, 5.74) is 8.69. The molecule has 1 heterocycles. The molecule has 80 valence electrons. The highest BCUT2D eigenvalue weighted by molar-refractivity contribution is 5.80. The fourth-order valence-corrected chi connectivity index (χ4v) is 1.77. The fraction of sp³-hybridized carbons (Fsp3) is 0.385. The average Bonchev–Trinajstić information content (AvgIpc) is 2.61. The first-order valence-electron chi connectivity index (χ1n) is 5.31. The Morgan fingerprint density at radius 2 is 1.93 bits per heavy atom. The molecular formula is C13H18N2. The maximum atomic E-state index is 6.22. The molecule has 2 aromatic rings. The second-order valence-electron chi connectivity index (χ2n) is 5.17. The smallest absolute Gasteiger partial charge is 0.0454 e. The van der Waals surface area contributed by atoms with Crippen LogP contribution in [0.2, 0.25) is 0 Å². The Morgan fingerprint density at radius 3 is 2.60 bits per heavy atom. The average molecular weight is 202 g/mol. The number of nitrogens with two attached hydrogens (primary N) is 1. The summed E-state index contributed by atoms with van der Waals surface area (Å²) in [4.78, 5) is 3.18. The van der Waals surface area contributed by atoms with Crippen molar-refractivity contribution in [3.05, 3.63) is 36.0 Å². The van der Waals surface area contributed by atoms with Crippen LogP contribution >= 0.6 is 0 Å². The predicted molar refractivity (Wildman–Crippen MR) is 64.7 cm³/mol.